The second-order valence-electron chi connectivity index (χ2n) is 6.11. The summed E-state index contributed by atoms with van der Waals surface area (Å²) in [7, 11) is 0. The zero-order valence-corrected chi connectivity index (χ0v) is 14.8. The van der Waals surface area contributed by atoms with Gasteiger partial charge >= 0.3 is 0 Å². The third kappa shape index (κ3) is 2.66. The van der Waals surface area contributed by atoms with E-state index in [4.69, 9.17) is 4.98 Å². The summed E-state index contributed by atoms with van der Waals surface area (Å²) in [4.78, 5) is 5.04. The van der Waals surface area contributed by atoms with Gasteiger partial charge in [-0.05, 0) is 18.2 Å². The van der Waals surface area contributed by atoms with Gasteiger partial charge in [0.25, 0.3) is 0 Å². The van der Waals surface area contributed by atoms with Gasteiger partial charge < -0.3 is 0 Å². The Kier molecular flexibility index (Phi) is 4.24. The monoisotopic (exact) mass is 336 g/mol. The van der Waals surface area contributed by atoms with Crippen molar-refractivity contribution in [1.82, 2.24) is 9.38 Å². The summed E-state index contributed by atoms with van der Waals surface area (Å²) >= 11 is 0. The standard InChI is InChI=1S/C24H20N2/c1-3-11-21-18(4-2)16-17-26-23(21)22(19-12-7-5-8-13-19)25-24(26)20-14-9-6-10-15-20/h3-17H,1H2,2H3/b18-4-,21-11+. The zero-order valence-electron chi connectivity index (χ0n) is 14.8. The van der Waals surface area contributed by atoms with Crippen LogP contribution in [0.1, 0.15) is 6.92 Å². The molecule has 126 valence electrons. The van der Waals surface area contributed by atoms with Gasteiger partial charge in [-0.2, -0.15) is 0 Å². The lowest BCUT2D eigenvalue weighted by Gasteiger charge is -2.03. The van der Waals surface area contributed by atoms with Gasteiger partial charge in [-0.15, -0.1) is 0 Å². The van der Waals surface area contributed by atoms with Crippen LogP contribution in [0.15, 0.2) is 85.6 Å². The van der Waals surface area contributed by atoms with Crippen molar-refractivity contribution in [3.05, 3.63) is 96.0 Å². The van der Waals surface area contributed by atoms with Gasteiger partial charge in [0, 0.05) is 22.5 Å². The highest BCUT2D eigenvalue weighted by atomic mass is 15.0. The molecule has 0 saturated carbocycles. The van der Waals surface area contributed by atoms with Crippen LogP contribution in [-0.2, 0) is 0 Å². The van der Waals surface area contributed by atoms with E-state index in [9.17, 15) is 0 Å². The maximum absolute atomic E-state index is 5.04. The first-order valence-corrected chi connectivity index (χ1v) is 8.74. The Morgan fingerprint density at radius 1 is 0.885 bits per heavy atom. The first kappa shape index (κ1) is 16.1. The molecule has 26 heavy (non-hydrogen) atoms. The van der Waals surface area contributed by atoms with Gasteiger partial charge in [-0.1, -0.05) is 85.5 Å². The fraction of sp³-hybridized carbons (Fsp3) is 0.0417. The first-order chi connectivity index (χ1) is 12.8. The minimum Gasteiger partial charge on any atom is -0.298 e. The number of rotatable bonds is 3. The zero-order chi connectivity index (χ0) is 17.9. The summed E-state index contributed by atoms with van der Waals surface area (Å²) in [6.45, 7) is 5.96. The molecule has 0 amide bonds. The molecule has 2 aromatic heterocycles. The molecule has 4 rings (SSSR count). The van der Waals surface area contributed by atoms with Crippen LogP contribution in [0.3, 0.4) is 0 Å². The maximum atomic E-state index is 5.04. The Morgan fingerprint density at radius 3 is 2.15 bits per heavy atom. The van der Waals surface area contributed by atoms with E-state index in [2.05, 4.69) is 78.7 Å². The summed E-state index contributed by atoms with van der Waals surface area (Å²) in [6, 6.07) is 22.8. The van der Waals surface area contributed by atoms with Crippen LogP contribution >= 0.6 is 0 Å². The van der Waals surface area contributed by atoms with Crippen molar-refractivity contribution < 1.29 is 0 Å². The first-order valence-electron chi connectivity index (χ1n) is 8.74. The van der Waals surface area contributed by atoms with Crippen LogP contribution < -0.4 is 10.4 Å². The fourth-order valence-electron chi connectivity index (χ4n) is 3.35. The van der Waals surface area contributed by atoms with Crippen molar-refractivity contribution in [3.63, 3.8) is 0 Å². The topological polar surface area (TPSA) is 17.3 Å². The van der Waals surface area contributed by atoms with E-state index < -0.39 is 0 Å². The summed E-state index contributed by atoms with van der Waals surface area (Å²) in [5.41, 5.74) is 4.30. The highest BCUT2D eigenvalue weighted by Crippen LogP contribution is 2.27. The van der Waals surface area contributed by atoms with Crippen molar-refractivity contribution in [1.29, 1.82) is 0 Å². The number of fused-ring (bicyclic) bond motifs is 1. The summed E-state index contributed by atoms with van der Waals surface area (Å²) in [5.74, 6) is 0.945. The Balaban J connectivity index is 2.20. The molecule has 0 atom stereocenters. The van der Waals surface area contributed by atoms with E-state index in [0.717, 1.165) is 33.4 Å². The van der Waals surface area contributed by atoms with Gasteiger partial charge in [-0.3, -0.25) is 4.40 Å². The van der Waals surface area contributed by atoms with E-state index >= 15 is 0 Å². The molecule has 2 nitrogen and oxygen atoms in total. The quantitative estimate of drug-likeness (QED) is 0.541. The highest BCUT2D eigenvalue weighted by Gasteiger charge is 2.15. The number of nitrogens with zero attached hydrogens (tertiary/aromatic N) is 2. The van der Waals surface area contributed by atoms with Crippen LogP contribution in [-0.4, -0.2) is 9.38 Å². The molecule has 0 bridgehead atoms. The molecule has 2 heteroatoms. The molecule has 4 aromatic rings. The molecule has 0 radical (unpaired) electrons. The Morgan fingerprint density at radius 2 is 1.54 bits per heavy atom. The second-order valence-corrected chi connectivity index (χ2v) is 6.11. The Hall–Kier alpha value is -3.39. The summed E-state index contributed by atoms with van der Waals surface area (Å²) in [5, 5.41) is 2.31. The highest BCUT2D eigenvalue weighted by molar-refractivity contribution is 5.82. The van der Waals surface area contributed by atoms with Crippen LogP contribution in [0.25, 0.3) is 40.3 Å². The summed E-state index contributed by atoms with van der Waals surface area (Å²) in [6.07, 6.45) is 8.13. The largest absolute Gasteiger partial charge is 0.298 e. The molecule has 0 N–H and O–H groups in total. The lowest BCUT2D eigenvalue weighted by atomic mass is 10.1. The molecule has 0 fully saturated rings. The van der Waals surface area contributed by atoms with Gasteiger partial charge in [0.15, 0.2) is 0 Å². The number of pyridine rings is 1. The van der Waals surface area contributed by atoms with E-state index in [-0.39, 0.29) is 0 Å². The normalized spacial score (nSPS) is 12.7. The van der Waals surface area contributed by atoms with E-state index in [1.807, 2.05) is 30.3 Å². The Bertz CT molecular complexity index is 1180. The van der Waals surface area contributed by atoms with Gasteiger partial charge in [0.2, 0.25) is 0 Å². The maximum Gasteiger partial charge on any atom is 0.145 e. The van der Waals surface area contributed by atoms with Crippen LogP contribution in [0.4, 0.5) is 0 Å². The summed E-state index contributed by atoms with van der Waals surface area (Å²) < 4.78 is 2.18. The van der Waals surface area contributed by atoms with E-state index in [1.165, 1.54) is 5.22 Å². The number of hydrogen-bond acceptors (Lipinski definition) is 1. The van der Waals surface area contributed by atoms with Crippen molar-refractivity contribution >= 4 is 17.7 Å². The molecule has 0 aliphatic heterocycles. The molecular weight excluding hydrogens is 316 g/mol. The minimum atomic E-state index is 0.945. The fourth-order valence-corrected chi connectivity index (χ4v) is 3.35. The van der Waals surface area contributed by atoms with Gasteiger partial charge in [-0.25, -0.2) is 4.98 Å². The Labute approximate surface area is 153 Å². The molecular formula is C24H20N2. The van der Waals surface area contributed by atoms with Crippen molar-refractivity contribution in [2.75, 3.05) is 0 Å². The average Bonchev–Trinajstić information content (AvgIpc) is 3.10. The number of benzene rings is 2. The van der Waals surface area contributed by atoms with Crippen LogP contribution in [0.5, 0.6) is 0 Å². The van der Waals surface area contributed by atoms with Gasteiger partial charge in [0.1, 0.15) is 5.82 Å². The molecule has 2 heterocycles. The predicted molar refractivity (Wildman–Crippen MR) is 110 cm³/mol. The SMILES string of the molecule is C=C/C=c1\c(=C/C)ccn2c(-c3ccccc3)nc(-c3ccccc3)c12. The van der Waals surface area contributed by atoms with Crippen molar-refractivity contribution in [2.45, 2.75) is 6.92 Å². The van der Waals surface area contributed by atoms with Crippen molar-refractivity contribution in [3.8, 4) is 22.6 Å². The molecule has 0 unspecified atom stereocenters. The molecule has 2 aromatic carbocycles. The predicted octanol–water partition coefficient (Wildman–Crippen LogP) is 4.44. The number of aromatic nitrogens is 2. The molecule has 0 spiro atoms. The van der Waals surface area contributed by atoms with Gasteiger partial charge in [0.05, 0.1) is 11.2 Å². The third-order valence-electron chi connectivity index (χ3n) is 4.56. The molecule has 0 aliphatic carbocycles. The van der Waals surface area contributed by atoms with E-state index in [0.29, 0.717) is 0 Å². The third-order valence-corrected chi connectivity index (χ3v) is 4.56. The van der Waals surface area contributed by atoms with Crippen LogP contribution in [0.2, 0.25) is 0 Å². The second kappa shape index (κ2) is 6.85. The van der Waals surface area contributed by atoms with Crippen molar-refractivity contribution in [2.24, 2.45) is 0 Å². The molecule has 0 aliphatic rings. The minimum absolute atomic E-state index is 0.945. The number of imidazole rings is 1. The lowest BCUT2D eigenvalue weighted by molar-refractivity contribution is 1.15. The average molecular weight is 336 g/mol. The van der Waals surface area contributed by atoms with Crippen LogP contribution in [0, 0.1) is 0 Å². The van der Waals surface area contributed by atoms with E-state index in [1.54, 1.807) is 0 Å². The number of hydrogen-bond donors (Lipinski definition) is 0. The molecule has 0 saturated heterocycles. The number of allylic oxidation sites excluding steroid dienone is 1. The lowest BCUT2D eigenvalue weighted by Crippen LogP contribution is -2.26. The smallest absolute Gasteiger partial charge is 0.145 e.